The largest absolute Gasteiger partial charge is 0.399 e. The third-order valence-electron chi connectivity index (χ3n) is 2.53. The van der Waals surface area contributed by atoms with Crippen LogP contribution in [-0.2, 0) is 0 Å². The molecule has 0 radical (unpaired) electrons. The van der Waals surface area contributed by atoms with E-state index in [9.17, 15) is 0 Å². The Morgan fingerprint density at radius 2 is 1.72 bits per heavy atom. The van der Waals surface area contributed by atoms with Gasteiger partial charge in [-0.25, -0.2) is 0 Å². The summed E-state index contributed by atoms with van der Waals surface area (Å²) in [4.78, 5) is 1.46. The summed E-state index contributed by atoms with van der Waals surface area (Å²) in [6, 6.07) is 10.5. The smallest absolute Gasteiger partial charge is 0.115 e. The van der Waals surface area contributed by atoms with Crippen LogP contribution in [-0.4, -0.2) is 15.0 Å². The van der Waals surface area contributed by atoms with Gasteiger partial charge in [0.15, 0.2) is 0 Å². The van der Waals surface area contributed by atoms with Crippen molar-refractivity contribution in [3.8, 4) is 5.69 Å². The van der Waals surface area contributed by atoms with Gasteiger partial charge in [0.25, 0.3) is 0 Å². The van der Waals surface area contributed by atoms with Gasteiger partial charge in [0.1, 0.15) is 16.7 Å². The van der Waals surface area contributed by atoms with Crippen molar-refractivity contribution >= 4 is 39.9 Å². The fourth-order valence-electron chi connectivity index (χ4n) is 1.68. The molecule has 0 bridgehead atoms. The maximum Gasteiger partial charge on any atom is 0.115 e. The van der Waals surface area contributed by atoms with Crippen LogP contribution in [0.25, 0.3) is 16.7 Å². The molecule has 4 nitrogen and oxygen atoms in total. The molecule has 0 saturated heterocycles. The molecule has 0 fully saturated rings. The first kappa shape index (κ1) is 11.3. The molecule has 18 heavy (non-hydrogen) atoms. The first-order chi connectivity index (χ1) is 8.63. The summed E-state index contributed by atoms with van der Waals surface area (Å²) in [6.45, 7) is 0. The molecule has 0 aliphatic heterocycles. The minimum absolute atomic E-state index is 0.535. The zero-order valence-electron chi connectivity index (χ0n) is 9.14. The summed E-state index contributed by atoms with van der Waals surface area (Å²) in [7, 11) is 0. The summed E-state index contributed by atoms with van der Waals surface area (Å²) >= 11 is 12.0. The number of halogens is 2. The van der Waals surface area contributed by atoms with Crippen molar-refractivity contribution < 1.29 is 0 Å². The van der Waals surface area contributed by atoms with E-state index in [4.69, 9.17) is 28.9 Å². The molecule has 0 atom stereocenters. The Balaban J connectivity index is 2.22. The van der Waals surface area contributed by atoms with Gasteiger partial charge in [-0.15, -0.1) is 15.0 Å². The number of fused-ring (bicyclic) bond motifs is 1. The normalized spacial score (nSPS) is 11.0. The maximum absolute atomic E-state index is 6.11. The molecule has 1 aromatic heterocycles. The van der Waals surface area contributed by atoms with Gasteiger partial charge in [-0.1, -0.05) is 23.2 Å². The lowest BCUT2D eigenvalue weighted by atomic mass is 10.3. The molecule has 2 aromatic carbocycles. The van der Waals surface area contributed by atoms with Gasteiger partial charge < -0.3 is 5.73 Å². The summed E-state index contributed by atoms with van der Waals surface area (Å²) < 4.78 is 0. The predicted molar refractivity (Wildman–Crippen MR) is 73.3 cm³/mol. The molecule has 0 saturated carbocycles. The third kappa shape index (κ3) is 1.89. The number of hydrogen-bond donors (Lipinski definition) is 1. The third-order valence-corrected chi connectivity index (χ3v) is 3.08. The summed E-state index contributed by atoms with van der Waals surface area (Å²) in [5.74, 6) is 0. The van der Waals surface area contributed by atoms with E-state index in [-0.39, 0.29) is 0 Å². The molecule has 0 spiro atoms. The predicted octanol–water partition coefficient (Wildman–Crippen LogP) is 3.31. The van der Waals surface area contributed by atoms with E-state index in [0.717, 1.165) is 5.52 Å². The van der Waals surface area contributed by atoms with Gasteiger partial charge in [-0.2, -0.15) is 0 Å². The van der Waals surface area contributed by atoms with Crippen molar-refractivity contribution in [2.24, 2.45) is 0 Å². The fraction of sp³-hybridized carbons (Fsp3) is 0. The van der Waals surface area contributed by atoms with Crippen LogP contribution in [0.5, 0.6) is 0 Å². The highest BCUT2D eigenvalue weighted by Crippen LogP contribution is 2.24. The Morgan fingerprint density at radius 3 is 2.56 bits per heavy atom. The molecular weight excluding hydrogens is 271 g/mol. The summed E-state index contributed by atoms with van der Waals surface area (Å²) in [5.41, 5.74) is 8.45. The molecule has 1 heterocycles. The second-order valence-electron chi connectivity index (χ2n) is 3.83. The van der Waals surface area contributed by atoms with Gasteiger partial charge in [0.05, 0.1) is 5.02 Å². The Bertz CT molecular complexity index is 736. The van der Waals surface area contributed by atoms with Crippen molar-refractivity contribution in [1.29, 1.82) is 0 Å². The molecule has 3 rings (SSSR count). The van der Waals surface area contributed by atoms with Crippen molar-refractivity contribution in [2.75, 3.05) is 5.73 Å². The number of nitrogens with zero attached hydrogens (tertiary/aromatic N) is 3. The molecule has 0 aliphatic rings. The number of rotatable bonds is 1. The Morgan fingerprint density at radius 1 is 0.944 bits per heavy atom. The minimum Gasteiger partial charge on any atom is -0.399 e. The van der Waals surface area contributed by atoms with E-state index < -0.39 is 0 Å². The second kappa shape index (κ2) is 4.15. The summed E-state index contributed by atoms with van der Waals surface area (Å²) in [5, 5.41) is 9.77. The number of nitrogen functional groups attached to an aromatic ring is 1. The van der Waals surface area contributed by atoms with E-state index in [1.807, 2.05) is 6.07 Å². The van der Waals surface area contributed by atoms with Crippen molar-refractivity contribution in [2.45, 2.75) is 0 Å². The van der Waals surface area contributed by atoms with Gasteiger partial charge in [0.2, 0.25) is 0 Å². The average molecular weight is 279 g/mol. The molecule has 0 unspecified atom stereocenters. The van der Waals surface area contributed by atoms with E-state index in [0.29, 0.717) is 26.9 Å². The Labute approximate surface area is 113 Å². The van der Waals surface area contributed by atoms with Crippen LogP contribution in [0.4, 0.5) is 5.69 Å². The zero-order valence-corrected chi connectivity index (χ0v) is 10.7. The van der Waals surface area contributed by atoms with E-state index in [1.165, 1.54) is 4.80 Å². The number of benzene rings is 2. The van der Waals surface area contributed by atoms with Crippen LogP contribution >= 0.6 is 23.2 Å². The van der Waals surface area contributed by atoms with Crippen LogP contribution in [0.2, 0.25) is 10.0 Å². The Hall–Kier alpha value is -1.78. The SMILES string of the molecule is Nc1ccc2nn(-c3cc(Cl)ccc3Cl)nc2c1. The molecule has 0 aliphatic carbocycles. The van der Waals surface area contributed by atoms with Crippen LogP contribution in [0.3, 0.4) is 0 Å². The second-order valence-corrected chi connectivity index (χ2v) is 4.68. The molecule has 6 heteroatoms. The van der Waals surface area contributed by atoms with Gasteiger partial charge in [-0.3, -0.25) is 0 Å². The first-order valence-electron chi connectivity index (χ1n) is 5.21. The molecule has 90 valence electrons. The van der Waals surface area contributed by atoms with Crippen molar-refractivity contribution in [3.05, 3.63) is 46.4 Å². The molecule has 3 aromatic rings. The minimum atomic E-state index is 0.535. The van der Waals surface area contributed by atoms with E-state index in [2.05, 4.69) is 10.2 Å². The number of aromatic nitrogens is 3. The topological polar surface area (TPSA) is 56.7 Å². The summed E-state index contributed by atoms with van der Waals surface area (Å²) in [6.07, 6.45) is 0. The van der Waals surface area contributed by atoms with E-state index in [1.54, 1.807) is 30.3 Å². The van der Waals surface area contributed by atoms with E-state index >= 15 is 0 Å². The number of anilines is 1. The van der Waals surface area contributed by atoms with Crippen LogP contribution in [0.15, 0.2) is 36.4 Å². The van der Waals surface area contributed by atoms with Crippen molar-refractivity contribution in [1.82, 2.24) is 15.0 Å². The number of nitrogens with two attached hydrogens (primary N) is 1. The lowest BCUT2D eigenvalue weighted by Gasteiger charge is -2.02. The van der Waals surface area contributed by atoms with Gasteiger partial charge in [-0.05, 0) is 36.4 Å². The molecular formula is C12H8Cl2N4. The lowest BCUT2D eigenvalue weighted by Crippen LogP contribution is -1.99. The Kier molecular flexibility index (Phi) is 2.61. The molecule has 0 amide bonds. The highest BCUT2D eigenvalue weighted by atomic mass is 35.5. The van der Waals surface area contributed by atoms with Gasteiger partial charge in [0, 0.05) is 10.7 Å². The van der Waals surface area contributed by atoms with Crippen LogP contribution in [0.1, 0.15) is 0 Å². The quantitative estimate of drug-likeness (QED) is 0.695. The zero-order chi connectivity index (χ0) is 12.7. The van der Waals surface area contributed by atoms with Crippen molar-refractivity contribution in [3.63, 3.8) is 0 Å². The van der Waals surface area contributed by atoms with Crippen LogP contribution in [0, 0.1) is 0 Å². The maximum atomic E-state index is 6.11. The standard InChI is InChI=1S/C12H8Cl2N4/c13-7-1-3-9(14)12(5-7)18-16-10-4-2-8(15)6-11(10)17-18/h1-6H,15H2. The first-order valence-corrected chi connectivity index (χ1v) is 5.97. The fourth-order valence-corrected chi connectivity index (χ4v) is 2.04. The average Bonchev–Trinajstić information content (AvgIpc) is 2.74. The monoisotopic (exact) mass is 278 g/mol. The van der Waals surface area contributed by atoms with Gasteiger partial charge >= 0.3 is 0 Å². The lowest BCUT2D eigenvalue weighted by molar-refractivity contribution is 0.766. The highest BCUT2D eigenvalue weighted by molar-refractivity contribution is 6.34. The number of hydrogen-bond acceptors (Lipinski definition) is 3. The van der Waals surface area contributed by atoms with Crippen LogP contribution < -0.4 is 5.73 Å². The molecule has 2 N–H and O–H groups in total. The highest BCUT2D eigenvalue weighted by Gasteiger charge is 2.08.